The highest BCUT2D eigenvalue weighted by Gasteiger charge is 2.50. The molecule has 1 heterocycles. The van der Waals surface area contributed by atoms with E-state index < -0.39 is 65.1 Å². The Morgan fingerprint density at radius 2 is 1.08 bits per heavy atom. The van der Waals surface area contributed by atoms with Crippen LogP contribution in [0.25, 0.3) is 0 Å². The average molecular weight is 680 g/mol. The molecule has 4 aromatic carbocycles. The summed E-state index contributed by atoms with van der Waals surface area (Å²) in [6, 6.07) is 14.1. The summed E-state index contributed by atoms with van der Waals surface area (Å²) in [5.74, 6) is -7.00. The second-order valence-electron chi connectivity index (χ2n) is 9.82. The third kappa shape index (κ3) is 7.76. The summed E-state index contributed by atoms with van der Waals surface area (Å²) in [6.45, 7) is -6.03. The lowest BCUT2D eigenvalue weighted by Gasteiger charge is -2.26. The van der Waals surface area contributed by atoms with Crippen LogP contribution in [0, 0.1) is 23.3 Å². The van der Waals surface area contributed by atoms with Crippen LogP contribution >= 0.6 is 0 Å². The largest absolute Gasteiger partial charge is 0.435 e. The number of likely N-dealkylation sites (N-methyl/N-ethyl adjacent to an activating group) is 1. The molecule has 0 saturated heterocycles. The smallest absolute Gasteiger partial charge is 0.387 e. The minimum absolute atomic E-state index is 0.0742. The summed E-state index contributed by atoms with van der Waals surface area (Å²) in [7, 11) is 1.37. The number of alkyl halides is 4. The van der Waals surface area contributed by atoms with E-state index >= 15 is 0 Å². The molecule has 1 aliphatic rings. The quantitative estimate of drug-likeness (QED) is 0.128. The number of ketones is 2. The monoisotopic (exact) mass is 679 g/mol. The SMILES string of the molecule is CN1C(=O)C(c2ccc(OC(F)F)cc2)(c2cc(F)cc(F)c2)N=C1N.O=C(C(=O)c1cc(F)cc(F)c1)c1ccc(OC(F)F)cc1. The second-order valence-corrected chi connectivity index (χ2v) is 9.82. The van der Waals surface area contributed by atoms with E-state index in [0.29, 0.717) is 12.1 Å². The highest BCUT2D eigenvalue weighted by Crippen LogP contribution is 2.40. The lowest BCUT2D eigenvalue weighted by Crippen LogP contribution is -2.41. The Morgan fingerprint density at radius 3 is 1.50 bits per heavy atom. The fourth-order valence-corrected chi connectivity index (χ4v) is 4.56. The third-order valence-corrected chi connectivity index (χ3v) is 6.69. The topological polar surface area (TPSA) is 111 Å². The maximum atomic E-state index is 13.7. The maximum absolute atomic E-state index is 13.7. The molecule has 250 valence electrons. The van der Waals surface area contributed by atoms with Crippen LogP contribution in [0.2, 0.25) is 0 Å². The number of carbonyl (C=O) groups is 3. The number of hydrogen-bond donors (Lipinski definition) is 1. The number of carbonyl (C=O) groups excluding carboxylic acids is 3. The predicted octanol–water partition coefficient (Wildman–Crippen LogP) is 6.23. The van der Waals surface area contributed by atoms with Crippen LogP contribution in [0.4, 0.5) is 35.1 Å². The molecule has 0 fully saturated rings. The summed E-state index contributed by atoms with van der Waals surface area (Å²) in [6.07, 6.45) is 0. The first-order valence-corrected chi connectivity index (χ1v) is 13.4. The van der Waals surface area contributed by atoms with E-state index in [1.54, 1.807) is 0 Å². The maximum Gasteiger partial charge on any atom is 0.387 e. The summed E-state index contributed by atoms with van der Waals surface area (Å²) in [5.41, 5.74) is 3.48. The van der Waals surface area contributed by atoms with Gasteiger partial charge in [0.2, 0.25) is 11.6 Å². The highest BCUT2D eigenvalue weighted by atomic mass is 19.3. The Morgan fingerprint density at radius 1 is 0.667 bits per heavy atom. The Balaban J connectivity index is 0.000000220. The zero-order valence-corrected chi connectivity index (χ0v) is 24.3. The Kier molecular flexibility index (Phi) is 10.5. The highest BCUT2D eigenvalue weighted by molar-refractivity contribution is 6.49. The van der Waals surface area contributed by atoms with Crippen molar-refractivity contribution in [3.63, 3.8) is 0 Å². The van der Waals surface area contributed by atoms with Crippen molar-refractivity contribution in [1.29, 1.82) is 0 Å². The van der Waals surface area contributed by atoms with E-state index in [2.05, 4.69) is 14.5 Å². The molecule has 0 aliphatic carbocycles. The van der Waals surface area contributed by atoms with Crippen molar-refractivity contribution in [3.05, 3.63) is 130 Å². The number of aliphatic imine (C=N–C) groups is 1. The van der Waals surface area contributed by atoms with Gasteiger partial charge in [0, 0.05) is 30.3 Å². The molecule has 1 amide bonds. The lowest BCUT2D eigenvalue weighted by molar-refractivity contribution is -0.129. The van der Waals surface area contributed by atoms with Gasteiger partial charge in [0.15, 0.2) is 11.5 Å². The van der Waals surface area contributed by atoms with Crippen LogP contribution in [0.15, 0.2) is 89.9 Å². The second kappa shape index (κ2) is 14.3. The van der Waals surface area contributed by atoms with Crippen LogP contribution in [0.5, 0.6) is 11.5 Å². The molecule has 0 spiro atoms. The number of halogens is 8. The number of nitrogens with zero attached hydrogens (tertiary/aromatic N) is 2. The standard InChI is InChI=1S/C17H13F4N3O2.C15H8F4O3/c1-24-14(25)17(23-16(24)22,10-6-11(18)8-12(19)7-10)9-2-4-13(5-3-9)26-15(20)21;16-10-5-9(6-11(17)7-10)14(21)13(20)8-1-3-12(4-2-8)22-15(18)19/h2-8,15H,1H3,(H2,22,23);1-7,15H. The van der Waals surface area contributed by atoms with Gasteiger partial charge >= 0.3 is 13.2 Å². The van der Waals surface area contributed by atoms with Crippen molar-refractivity contribution < 1.29 is 59.0 Å². The first-order valence-electron chi connectivity index (χ1n) is 13.4. The normalized spacial score (nSPS) is 15.6. The van der Waals surface area contributed by atoms with Crippen LogP contribution in [0.1, 0.15) is 31.8 Å². The number of rotatable bonds is 9. The number of amides is 1. The Labute approximate surface area is 266 Å². The summed E-state index contributed by atoms with van der Waals surface area (Å²) in [4.78, 5) is 41.8. The Hall–Kier alpha value is -5.80. The van der Waals surface area contributed by atoms with E-state index in [1.165, 1.54) is 31.3 Å². The van der Waals surface area contributed by atoms with Crippen LogP contribution in [-0.2, 0) is 10.3 Å². The zero-order valence-electron chi connectivity index (χ0n) is 24.3. The number of ether oxygens (including phenoxy) is 2. The van der Waals surface area contributed by atoms with Gasteiger partial charge in [-0.05, 0) is 71.8 Å². The van der Waals surface area contributed by atoms with Gasteiger partial charge in [-0.3, -0.25) is 19.3 Å². The van der Waals surface area contributed by atoms with Crippen LogP contribution < -0.4 is 15.2 Å². The van der Waals surface area contributed by atoms with Gasteiger partial charge in [-0.25, -0.2) is 22.6 Å². The van der Waals surface area contributed by atoms with Gasteiger partial charge in [-0.15, -0.1) is 0 Å². The zero-order chi connectivity index (χ0) is 35.3. The van der Waals surface area contributed by atoms with Crippen LogP contribution in [-0.4, -0.2) is 48.6 Å². The van der Waals surface area contributed by atoms with Gasteiger partial charge in [0.1, 0.15) is 34.8 Å². The van der Waals surface area contributed by atoms with Gasteiger partial charge in [0.05, 0.1) is 0 Å². The molecule has 5 rings (SSSR count). The summed E-state index contributed by atoms with van der Waals surface area (Å²) < 4.78 is 111. The van der Waals surface area contributed by atoms with Gasteiger partial charge in [-0.1, -0.05) is 12.1 Å². The summed E-state index contributed by atoms with van der Waals surface area (Å²) >= 11 is 0. The molecular weight excluding hydrogens is 658 g/mol. The average Bonchev–Trinajstić information content (AvgIpc) is 3.24. The molecule has 0 radical (unpaired) electrons. The van der Waals surface area contributed by atoms with E-state index in [1.807, 2.05) is 0 Å². The van der Waals surface area contributed by atoms with Crippen molar-refractivity contribution in [3.8, 4) is 11.5 Å². The van der Waals surface area contributed by atoms with Crippen molar-refractivity contribution in [1.82, 2.24) is 4.90 Å². The van der Waals surface area contributed by atoms with E-state index in [0.717, 1.165) is 53.4 Å². The predicted molar refractivity (Wildman–Crippen MR) is 153 cm³/mol. The van der Waals surface area contributed by atoms with Crippen molar-refractivity contribution in [2.24, 2.45) is 10.7 Å². The minimum Gasteiger partial charge on any atom is -0.435 e. The molecule has 16 heteroatoms. The molecule has 1 atom stereocenters. The van der Waals surface area contributed by atoms with Crippen molar-refractivity contribution >= 4 is 23.4 Å². The molecule has 0 aromatic heterocycles. The minimum atomic E-state index is -3.02. The third-order valence-electron chi connectivity index (χ3n) is 6.69. The van der Waals surface area contributed by atoms with Crippen molar-refractivity contribution in [2.45, 2.75) is 18.8 Å². The number of hydrogen-bond acceptors (Lipinski definition) is 7. The number of benzene rings is 4. The van der Waals surface area contributed by atoms with Crippen molar-refractivity contribution in [2.75, 3.05) is 7.05 Å². The van der Waals surface area contributed by atoms with Crippen LogP contribution in [0.3, 0.4) is 0 Å². The van der Waals surface area contributed by atoms with E-state index in [-0.39, 0.29) is 34.1 Å². The molecule has 1 unspecified atom stereocenters. The van der Waals surface area contributed by atoms with Gasteiger partial charge in [-0.2, -0.15) is 17.6 Å². The fourth-order valence-electron chi connectivity index (χ4n) is 4.56. The van der Waals surface area contributed by atoms with Gasteiger partial charge in [0.25, 0.3) is 5.91 Å². The Bertz CT molecular complexity index is 1830. The molecule has 2 N–H and O–H groups in total. The molecule has 1 aliphatic heterocycles. The lowest BCUT2D eigenvalue weighted by atomic mass is 9.82. The molecule has 4 aromatic rings. The number of guanidine groups is 1. The molecule has 48 heavy (non-hydrogen) atoms. The first-order chi connectivity index (χ1) is 22.6. The summed E-state index contributed by atoms with van der Waals surface area (Å²) in [5, 5.41) is 0. The first kappa shape index (κ1) is 35.1. The number of nitrogens with two attached hydrogens (primary N) is 1. The molecular formula is C32H21F8N3O5. The molecule has 0 saturated carbocycles. The van der Waals surface area contributed by atoms with E-state index in [4.69, 9.17) is 5.73 Å². The fraction of sp³-hybridized carbons (Fsp3) is 0.125. The number of Topliss-reactive ketones (excluding diaryl/α,β-unsaturated/α-hetero) is 2. The van der Waals surface area contributed by atoms with Gasteiger partial charge < -0.3 is 15.2 Å². The molecule has 0 bridgehead atoms. The van der Waals surface area contributed by atoms with E-state index in [9.17, 15) is 49.5 Å². The molecule has 8 nitrogen and oxygen atoms in total.